The Morgan fingerprint density at radius 1 is 0.951 bits per heavy atom. The minimum absolute atomic E-state index is 0.0000894. The van der Waals surface area contributed by atoms with Gasteiger partial charge in [-0.05, 0) is 72.4 Å². The number of carbonyl (C=O) groups is 1. The molecule has 0 atom stereocenters. The van der Waals surface area contributed by atoms with Gasteiger partial charge < -0.3 is 9.88 Å². The summed E-state index contributed by atoms with van der Waals surface area (Å²) < 4.78 is 69.0. The van der Waals surface area contributed by atoms with Crippen LogP contribution in [-0.2, 0) is 22.6 Å². The molecule has 0 bridgehead atoms. The van der Waals surface area contributed by atoms with E-state index in [1.165, 1.54) is 22.8 Å². The Balaban J connectivity index is 1.29. The van der Waals surface area contributed by atoms with Gasteiger partial charge in [0.05, 0.1) is 21.7 Å². The maximum atomic E-state index is 14.5. The molecule has 41 heavy (non-hydrogen) atoms. The first-order chi connectivity index (χ1) is 19.5. The van der Waals surface area contributed by atoms with Crippen molar-refractivity contribution in [3.63, 3.8) is 0 Å². The number of nitrogens with zero attached hydrogens (tertiary/aromatic N) is 2. The number of alkyl halides is 3. The molecule has 2 aromatic carbocycles. The molecule has 2 spiro atoms. The summed E-state index contributed by atoms with van der Waals surface area (Å²) in [5.74, 6) is -1.29. The van der Waals surface area contributed by atoms with Gasteiger partial charge in [0, 0.05) is 18.2 Å². The Kier molecular flexibility index (Phi) is 6.98. The fourth-order valence-electron chi connectivity index (χ4n) is 8.08. The highest BCUT2D eigenvalue weighted by molar-refractivity contribution is 7.91. The number of amides is 1. The maximum absolute atomic E-state index is 14.5. The molecule has 220 valence electrons. The van der Waals surface area contributed by atoms with Gasteiger partial charge in [-0.15, -0.1) is 0 Å². The summed E-state index contributed by atoms with van der Waals surface area (Å²) >= 11 is 0. The van der Waals surface area contributed by atoms with Crippen LogP contribution in [0.3, 0.4) is 0 Å². The third-order valence-electron chi connectivity index (χ3n) is 10.0. The van der Waals surface area contributed by atoms with Crippen LogP contribution in [0.15, 0.2) is 47.4 Å². The van der Waals surface area contributed by atoms with Gasteiger partial charge in [-0.1, -0.05) is 57.6 Å². The van der Waals surface area contributed by atoms with Crippen molar-refractivity contribution in [3.05, 3.63) is 59.4 Å². The molecule has 6 rings (SSSR count). The summed E-state index contributed by atoms with van der Waals surface area (Å²) in [6, 6.07) is 10.7. The number of aromatic nitrogens is 2. The van der Waals surface area contributed by atoms with Gasteiger partial charge >= 0.3 is 6.18 Å². The van der Waals surface area contributed by atoms with Crippen molar-refractivity contribution in [1.82, 2.24) is 14.9 Å². The number of halogens is 3. The fraction of sp³-hybridized carbons (Fsp3) is 0.548. The SMILES string of the molecule is CCS(=O)(=O)c1ccc(CNC(=O)c2ccc3c(c2)nc(C(F)(F)F)n3C2C3(CCCCC3)C23CCCCC3)cc1. The lowest BCUT2D eigenvalue weighted by Crippen LogP contribution is -2.22. The predicted octanol–water partition coefficient (Wildman–Crippen LogP) is 7.23. The molecule has 1 N–H and O–H groups in total. The molecule has 3 aliphatic carbocycles. The van der Waals surface area contributed by atoms with E-state index in [0.29, 0.717) is 11.1 Å². The number of benzene rings is 2. The zero-order valence-electron chi connectivity index (χ0n) is 23.3. The van der Waals surface area contributed by atoms with Gasteiger partial charge in [-0.25, -0.2) is 13.4 Å². The largest absolute Gasteiger partial charge is 0.449 e. The predicted molar refractivity (Wildman–Crippen MR) is 150 cm³/mol. The lowest BCUT2D eigenvalue weighted by molar-refractivity contribution is -0.147. The first-order valence-corrected chi connectivity index (χ1v) is 16.4. The number of rotatable bonds is 6. The van der Waals surface area contributed by atoms with E-state index in [0.717, 1.165) is 64.2 Å². The highest BCUT2D eigenvalue weighted by Crippen LogP contribution is 2.82. The summed E-state index contributed by atoms with van der Waals surface area (Å²) in [4.78, 5) is 17.3. The van der Waals surface area contributed by atoms with E-state index < -0.39 is 27.7 Å². The number of nitrogens with one attached hydrogen (secondary N) is 1. The van der Waals surface area contributed by atoms with E-state index >= 15 is 0 Å². The molecule has 3 aliphatic rings. The molecule has 0 radical (unpaired) electrons. The number of fused-ring (bicyclic) bond motifs is 2. The van der Waals surface area contributed by atoms with Crippen molar-refractivity contribution in [3.8, 4) is 0 Å². The van der Waals surface area contributed by atoms with E-state index in [-0.39, 0.29) is 45.1 Å². The normalized spacial score (nSPS) is 20.5. The Morgan fingerprint density at radius 2 is 1.54 bits per heavy atom. The quantitative estimate of drug-likeness (QED) is 0.330. The third-order valence-corrected chi connectivity index (χ3v) is 11.8. The Labute approximate surface area is 238 Å². The molecule has 6 nitrogen and oxygen atoms in total. The summed E-state index contributed by atoms with van der Waals surface area (Å²) in [5, 5.41) is 2.79. The van der Waals surface area contributed by atoms with Crippen molar-refractivity contribution in [2.75, 3.05) is 5.75 Å². The van der Waals surface area contributed by atoms with Gasteiger partial charge in [-0.3, -0.25) is 4.79 Å². The van der Waals surface area contributed by atoms with Crippen molar-refractivity contribution in [2.45, 2.75) is 94.8 Å². The molecule has 3 aromatic rings. The van der Waals surface area contributed by atoms with Crippen molar-refractivity contribution in [1.29, 1.82) is 0 Å². The summed E-state index contributed by atoms with van der Waals surface area (Å²) in [7, 11) is -3.32. The molecular weight excluding hydrogens is 551 g/mol. The number of hydrogen-bond donors (Lipinski definition) is 1. The lowest BCUT2D eigenvalue weighted by atomic mass is 9.73. The molecule has 0 aliphatic heterocycles. The molecule has 1 aromatic heterocycles. The summed E-state index contributed by atoms with van der Waals surface area (Å²) in [6.45, 7) is 1.73. The van der Waals surface area contributed by atoms with Crippen LogP contribution in [-0.4, -0.2) is 29.6 Å². The van der Waals surface area contributed by atoms with E-state index in [9.17, 15) is 26.4 Å². The van der Waals surface area contributed by atoms with E-state index in [2.05, 4.69) is 10.3 Å². The summed E-state index contributed by atoms with van der Waals surface area (Å²) in [5.41, 5.74) is 1.38. The second kappa shape index (κ2) is 10.1. The Bertz CT molecular complexity index is 1540. The molecule has 1 amide bonds. The van der Waals surface area contributed by atoms with Crippen molar-refractivity contribution in [2.24, 2.45) is 10.8 Å². The third kappa shape index (κ3) is 4.66. The standard InChI is InChI=1S/C31H36F3N3O3S/c1-2-41(39,40)23-12-9-21(10-13-23)20-35-26(38)22-11-14-25-24(19-22)36-28(31(32,33)34)37(25)27-29(15-5-3-6-16-29)30(27)17-7-4-8-18-30/h9-14,19,27H,2-8,15-18,20H2,1H3,(H,35,38). The van der Waals surface area contributed by atoms with Gasteiger partial charge in [0.15, 0.2) is 9.84 Å². The minimum atomic E-state index is -4.60. The Morgan fingerprint density at radius 3 is 2.07 bits per heavy atom. The zero-order valence-corrected chi connectivity index (χ0v) is 24.1. The molecule has 0 saturated heterocycles. The molecule has 1 heterocycles. The highest BCUT2D eigenvalue weighted by Gasteiger charge is 2.76. The first kappa shape index (κ1) is 28.2. The first-order valence-electron chi connectivity index (χ1n) is 14.7. The monoisotopic (exact) mass is 587 g/mol. The molecular formula is C31H36F3N3O3S. The van der Waals surface area contributed by atoms with Gasteiger partial charge in [-0.2, -0.15) is 13.2 Å². The van der Waals surface area contributed by atoms with E-state index in [1.807, 2.05) is 0 Å². The van der Waals surface area contributed by atoms with Crippen molar-refractivity contribution >= 4 is 26.8 Å². The van der Waals surface area contributed by atoms with Gasteiger partial charge in [0.25, 0.3) is 5.91 Å². The molecule has 3 saturated carbocycles. The fourth-order valence-corrected chi connectivity index (χ4v) is 8.97. The van der Waals surface area contributed by atoms with Crippen LogP contribution in [0.1, 0.15) is 98.9 Å². The van der Waals surface area contributed by atoms with Crippen molar-refractivity contribution < 1.29 is 26.4 Å². The van der Waals surface area contributed by atoms with Crippen LogP contribution in [0.4, 0.5) is 13.2 Å². The van der Waals surface area contributed by atoms with Crippen LogP contribution in [0.5, 0.6) is 0 Å². The average Bonchev–Trinajstić information content (AvgIpc) is 3.26. The van der Waals surface area contributed by atoms with Crippen LogP contribution in [0.25, 0.3) is 11.0 Å². The topological polar surface area (TPSA) is 81.1 Å². The summed E-state index contributed by atoms with van der Waals surface area (Å²) in [6.07, 6.45) is 5.82. The van der Waals surface area contributed by atoms with Gasteiger partial charge in [0.1, 0.15) is 0 Å². The smallest absolute Gasteiger partial charge is 0.348 e. The molecule has 10 heteroatoms. The van der Waals surface area contributed by atoms with E-state index in [4.69, 9.17) is 0 Å². The van der Waals surface area contributed by atoms with Crippen LogP contribution in [0.2, 0.25) is 0 Å². The molecule has 3 fully saturated rings. The second-order valence-electron chi connectivity index (χ2n) is 12.1. The number of sulfone groups is 1. The maximum Gasteiger partial charge on any atom is 0.449 e. The highest BCUT2D eigenvalue weighted by atomic mass is 32.2. The molecule has 0 unspecified atom stereocenters. The average molecular weight is 588 g/mol. The number of hydrogen-bond acceptors (Lipinski definition) is 4. The minimum Gasteiger partial charge on any atom is -0.348 e. The van der Waals surface area contributed by atoms with Crippen LogP contribution in [0, 0.1) is 10.8 Å². The van der Waals surface area contributed by atoms with Gasteiger partial charge in [0.2, 0.25) is 5.82 Å². The van der Waals surface area contributed by atoms with E-state index in [1.54, 1.807) is 31.2 Å². The van der Waals surface area contributed by atoms with Crippen LogP contribution >= 0.6 is 0 Å². The number of carbonyl (C=O) groups excluding carboxylic acids is 1. The lowest BCUT2D eigenvalue weighted by Gasteiger charge is -2.31. The van der Waals surface area contributed by atoms with Crippen LogP contribution < -0.4 is 5.32 Å². The second-order valence-corrected chi connectivity index (χ2v) is 14.4. The number of imidazole rings is 1. The Hall–Kier alpha value is -2.88. The zero-order chi connectivity index (χ0) is 29.0.